The molecule has 30 heavy (non-hydrogen) atoms. The highest BCUT2D eigenvalue weighted by Gasteiger charge is 2.44. The molecule has 2 heterocycles. The molecule has 1 aliphatic carbocycles. The second-order valence-electron chi connectivity index (χ2n) is 9.05. The quantitative estimate of drug-likeness (QED) is 0.761. The van der Waals surface area contributed by atoms with Crippen LogP contribution in [0.2, 0.25) is 0 Å². The number of carbonyl (C=O) groups is 2. The Morgan fingerprint density at radius 1 is 1.07 bits per heavy atom. The van der Waals surface area contributed by atoms with E-state index < -0.39 is 5.41 Å². The maximum Gasteiger partial charge on any atom is 0.228 e. The van der Waals surface area contributed by atoms with Crippen molar-refractivity contribution >= 4 is 11.8 Å². The number of nitrogens with zero attached hydrogens (tertiary/aromatic N) is 3. The molecule has 1 saturated heterocycles. The van der Waals surface area contributed by atoms with Gasteiger partial charge in [0.25, 0.3) is 0 Å². The van der Waals surface area contributed by atoms with Crippen molar-refractivity contribution < 1.29 is 9.59 Å². The fraction of sp³-hybridized carbons (Fsp3) is 0.480. The molecule has 0 spiro atoms. The number of amides is 2. The SMILES string of the molecule is CN(C)C(=O)C1(Cc2ccc(-c3cccnc3)cc2)CCN(C(=O)C2CCC2)CC1. The lowest BCUT2D eigenvalue weighted by Gasteiger charge is -2.43. The van der Waals surface area contributed by atoms with Crippen LogP contribution in [0.1, 0.15) is 37.7 Å². The van der Waals surface area contributed by atoms with Gasteiger partial charge in [-0.1, -0.05) is 36.8 Å². The molecule has 5 nitrogen and oxygen atoms in total. The second-order valence-corrected chi connectivity index (χ2v) is 9.05. The smallest absolute Gasteiger partial charge is 0.228 e. The van der Waals surface area contributed by atoms with Crippen molar-refractivity contribution in [3.05, 3.63) is 54.4 Å². The van der Waals surface area contributed by atoms with Gasteiger partial charge in [-0.05, 0) is 54.9 Å². The standard InChI is InChI=1S/C25H31N3O2/c1-27(2)24(30)25(12-15-28(16-13-25)23(29)21-5-3-6-21)17-19-8-10-20(11-9-19)22-7-4-14-26-18-22/h4,7-11,14,18,21H,3,5-6,12-13,15-17H2,1-2H3. The van der Waals surface area contributed by atoms with E-state index in [1.807, 2.05) is 37.3 Å². The first-order valence-corrected chi connectivity index (χ1v) is 11.0. The molecule has 1 aromatic carbocycles. The van der Waals surface area contributed by atoms with E-state index in [0.717, 1.165) is 42.4 Å². The Morgan fingerprint density at radius 3 is 2.30 bits per heavy atom. The van der Waals surface area contributed by atoms with Crippen LogP contribution >= 0.6 is 0 Å². The summed E-state index contributed by atoms with van der Waals surface area (Å²) in [5, 5.41) is 0. The summed E-state index contributed by atoms with van der Waals surface area (Å²) in [6.07, 6.45) is 9.03. The van der Waals surface area contributed by atoms with Crippen molar-refractivity contribution in [1.29, 1.82) is 0 Å². The zero-order valence-corrected chi connectivity index (χ0v) is 18.0. The maximum absolute atomic E-state index is 13.2. The number of aromatic nitrogens is 1. The summed E-state index contributed by atoms with van der Waals surface area (Å²) in [6, 6.07) is 12.4. The third-order valence-corrected chi connectivity index (χ3v) is 6.84. The average Bonchev–Trinajstić information content (AvgIpc) is 2.73. The minimum atomic E-state index is -0.435. The van der Waals surface area contributed by atoms with Gasteiger partial charge in [-0.15, -0.1) is 0 Å². The summed E-state index contributed by atoms with van der Waals surface area (Å²) in [7, 11) is 3.67. The molecule has 0 unspecified atom stereocenters. The number of carbonyl (C=O) groups excluding carboxylic acids is 2. The molecule has 0 bridgehead atoms. The van der Waals surface area contributed by atoms with Gasteiger partial charge in [-0.2, -0.15) is 0 Å². The summed E-state index contributed by atoms with van der Waals surface area (Å²) in [5.74, 6) is 0.699. The van der Waals surface area contributed by atoms with Gasteiger partial charge in [0.15, 0.2) is 0 Å². The molecule has 2 amide bonds. The number of rotatable bonds is 5. The Hall–Kier alpha value is -2.69. The molecular weight excluding hydrogens is 374 g/mol. The van der Waals surface area contributed by atoms with Gasteiger partial charge in [0.2, 0.25) is 11.8 Å². The van der Waals surface area contributed by atoms with Crippen molar-refractivity contribution in [2.24, 2.45) is 11.3 Å². The predicted molar refractivity (Wildman–Crippen MR) is 118 cm³/mol. The summed E-state index contributed by atoms with van der Waals surface area (Å²) >= 11 is 0. The Balaban J connectivity index is 1.49. The van der Waals surface area contributed by atoms with Crippen LogP contribution in [0.25, 0.3) is 11.1 Å². The van der Waals surface area contributed by atoms with E-state index in [-0.39, 0.29) is 11.8 Å². The van der Waals surface area contributed by atoms with Gasteiger partial charge in [-0.25, -0.2) is 0 Å². The first kappa shape index (κ1) is 20.6. The van der Waals surface area contributed by atoms with E-state index in [1.54, 1.807) is 11.1 Å². The molecule has 0 N–H and O–H groups in total. The number of hydrogen-bond acceptors (Lipinski definition) is 3. The van der Waals surface area contributed by atoms with E-state index in [0.29, 0.717) is 25.4 Å². The molecule has 1 aromatic heterocycles. The van der Waals surface area contributed by atoms with Crippen molar-refractivity contribution in [2.45, 2.75) is 38.5 Å². The number of benzene rings is 1. The predicted octanol–water partition coefficient (Wildman–Crippen LogP) is 3.79. The van der Waals surface area contributed by atoms with Crippen LogP contribution in [0.15, 0.2) is 48.8 Å². The Morgan fingerprint density at radius 2 is 1.77 bits per heavy atom. The zero-order chi connectivity index (χ0) is 21.1. The Labute approximate surface area is 179 Å². The minimum Gasteiger partial charge on any atom is -0.348 e. The molecule has 2 aliphatic rings. The molecule has 2 aromatic rings. The summed E-state index contributed by atoms with van der Waals surface area (Å²) in [6.45, 7) is 1.37. The van der Waals surface area contributed by atoms with Crippen LogP contribution in [0, 0.1) is 11.3 Å². The Kier molecular flexibility index (Phi) is 5.89. The minimum absolute atomic E-state index is 0.176. The van der Waals surface area contributed by atoms with E-state index in [9.17, 15) is 9.59 Å². The monoisotopic (exact) mass is 405 g/mol. The van der Waals surface area contributed by atoms with Crippen LogP contribution < -0.4 is 0 Å². The lowest BCUT2D eigenvalue weighted by Crippen LogP contribution is -2.52. The van der Waals surface area contributed by atoms with Gasteiger partial charge in [-0.3, -0.25) is 14.6 Å². The van der Waals surface area contributed by atoms with Gasteiger partial charge >= 0.3 is 0 Å². The number of hydrogen-bond donors (Lipinski definition) is 0. The van der Waals surface area contributed by atoms with Gasteiger partial charge < -0.3 is 9.80 Å². The van der Waals surface area contributed by atoms with Crippen molar-refractivity contribution in [1.82, 2.24) is 14.8 Å². The van der Waals surface area contributed by atoms with Crippen LogP contribution in [0.3, 0.4) is 0 Å². The first-order valence-electron chi connectivity index (χ1n) is 11.0. The lowest BCUT2D eigenvalue weighted by molar-refractivity contribution is -0.148. The molecule has 5 heteroatoms. The topological polar surface area (TPSA) is 53.5 Å². The zero-order valence-electron chi connectivity index (χ0n) is 18.0. The molecule has 0 atom stereocenters. The first-order chi connectivity index (χ1) is 14.5. The molecular formula is C25H31N3O2. The van der Waals surface area contributed by atoms with Crippen LogP contribution in [-0.4, -0.2) is 53.8 Å². The highest BCUT2D eigenvalue weighted by molar-refractivity contribution is 5.84. The van der Waals surface area contributed by atoms with E-state index in [1.165, 1.54) is 6.42 Å². The second kappa shape index (κ2) is 8.58. The van der Waals surface area contributed by atoms with Crippen LogP contribution in [-0.2, 0) is 16.0 Å². The van der Waals surface area contributed by atoms with E-state index >= 15 is 0 Å². The van der Waals surface area contributed by atoms with Gasteiger partial charge in [0, 0.05) is 45.5 Å². The highest BCUT2D eigenvalue weighted by atomic mass is 16.2. The van der Waals surface area contributed by atoms with E-state index in [4.69, 9.17) is 0 Å². The normalized spacial score (nSPS) is 18.5. The van der Waals surface area contributed by atoms with Crippen LogP contribution in [0.5, 0.6) is 0 Å². The van der Waals surface area contributed by atoms with Gasteiger partial charge in [0.05, 0.1) is 5.41 Å². The van der Waals surface area contributed by atoms with Crippen LogP contribution in [0.4, 0.5) is 0 Å². The van der Waals surface area contributed by atoms with Crippen molar-refractivity contribution in [2.75, 3.05) is 27.2 Å². The molecule has 1 aliphatic heterocycles. The fourth-order valence-corrected chi connectivity index (χ4v) is 4.75. The molecule has 4 rings (SSSR count). The number of piperidine rings is 1. The highest BCUT2D eigenvalue weighted by Crippen LogP contribution is 2.39. The summed E-state index contributed by atoms with van der Waals surface area (Å²) in [5.41, 5.74) is 2.94. The van der Waals surface area contributed by atoms with Gasteiger partial charge in [0.1, 0.15) is 0 Å². The summed E-state index contributed by atoms with van der Waals surface area (Å²) < 4.78 is 0. The average molecular weight is 406 g/mol. The molecule has 158 valence electrons. The molecule has 0 radical (unpaired) electrons. The third kappa shape index (κ3) is 4.11. The number of likely N-dealkylation sites (tertiary alicyclic amines) is 1. The Bertz CT molecular complexity index is 880. The number of pyridine rings is 1. The third-order valence-electron chi connectivity index (χ3n) is 6.84. The largest absolute Gasteiger partial charge is 0.348 e. The summed E-state index contributed by atoms with van der Waals surface area (Å²) in [4.78, 5) is 33.8. The van der Waals surface area contributed by atoms with Crippen molar-refractivity contribution in [3.8, 4) is 11.1 Å². The maximum atomic E-state index is 13.2. The molecule has 1 saturated carbocycles. The lowest BCUT2D eigenvalue weighted by atomic mass is 9.72. The fourth-order valence-electron chi connectivity index (χ4n) is 4.75. The van der Waals surface area contributed by atoms with E-state index in [2.05, 4.69) is 29.2 Å². The molecule has 2 fully saturated rings. The van der Waals surface area contributed by atoms with Crippen molar-refractivity contribution in [3.63, 3.8) is 0 Å².